The lowest BCUT2D eigenvalue weighted by molar-refractivity contribution is 0.269. The van der Waals surface area contributed by atoms with E-state index in [0.717, 1.165) is 19.3 Å². The van der Waals surface area contributed by atoms with Crippen LogP contribution in [0.1, 0.15) is 30.4 Å². The minimum Gasteiger partial charge on any atom is -0.396 e. The SMILES string of the molecule is C=CCC(CCCO)(c1ccccc1)c1ccccc1. The summed E-state index contributed by atoms with van der Waals surface area (Å²) < 4.78 is 0. The lowest BCUT2D eigenvalue weighted by atomic mass is 9.69. The first-order chi connectivity index (χ1) is 9.83. The van der Waals surface area contributed by atoms with E-state index >= 15 is 0 Å². The van der Waals surface area contributed by atoms with E-state index in [0.29, 0.717) is 0 Å². The molecule has 0 unspecified atom stereocenters. The Hall–Kier alpha value is -1.86. The fourth-order valence-corrected chi connectivity index (χ4v) is 2.93. The van der Waals surface area contributed by atoms with Gasteiger partial charge in [-0.2, -0.15) is 0 Å². The predicted molar refractivity (Wildman–Crippen MR) is 84.8 cm³/mol. The third-order valence-electron chi connectivity index (χ3n) is 3.91. The van der Waals surface area contributed by atoms with Crippen molar-refractivity contribution in [2.45, 2.75) is 24.7 Å². The summed E-state index contributed by atoms with van der Waals surface area (Å²) in [5.74, 6) is 0. The summed E-state index contributed by atoms with van der Waals surface area (Å²) in [4.78, 5) is 0. The molecule has 0 saturated carbocycles. The first-order valence-electron chi connectivity index (χ1n) is 7.16. The molecule has 1 N–H and O–H groups in total. The van der Waals surface area contributed by atoms with Gasteiger partial charge in [-0.25, -0.2) is 0 Å². The van der Waals surface area contributed by atoms with Crippen LogP contribution in [0.25, 0.3) is 0 Å². The molecule has 104 valence electrons. The van der Waals surface area contributed by atoms with Crippen LogP contribution in [0.2, 0.25) is 0 Å². The van der Waals surface area contributed by atoms with Crippen LogP contribution in [-0.4, -0.2) is 11.7 Å². The Kier molecular flexibility index (Phi) is 5.14. The summed E-state index contributed by atoms with van der Waals surface area (Å²) in [6.45, 7) is 4.16. The maximum atomic E-state index is 9.27. The van der Waals surface area contributed by atoms with Crippen molar-refractivity contribution in [1.82, 2.24) is 0 Å². The maximum absolute atomic E-state index is 9.27. The average molecular weight is 266 g/mol. The lowest BCUT2D eigenvalue weighted by Gasteiger charge is -2.34. The highest BCUT2D eigenvalue weighted by atomic mass is 16.2. The molecule has 1 nitrogen and oxygen atoms in total. The fourth-order valence-electron chi connectivity index (χ4n) is 2.93. The number of benzene rings is 2. The van der Waals surface area contributed by atoms with Crippen LogP contribution in [-0.2, 0) is 5.41 Å². The topological polar surface area (TPSA) is 20.2 Å². The first kappa shape index (κ1) is 14.5. The third-order valence-corrected chi connectivity index (χ3v) is 3.91. The number of aliphatic hydroxyl groups excluding tert-OH is 1. The van der Waals surface area contributed by atoms with E-state index < -0.39 is 0 Å². The van der Waals surface area contributed by atoms with Crippen molar-refractivity contribution in [2.24, 2.45) is 0 Å². The Balaban J connectivity index is 2.53. The molecule has 0 aliphatic carbocycles. The van der Waals surface area contributed by atoms with Gasteiger partial charge >= 0.3 is 0 Å². The van der Waals surface area contributed by atoms with Gasteiger partial charge in [0, 0.05) is 12.0 Å². The molecular formula is C19H22O. The molecule has 2 aromatic carbocycles. The van der Waals surface area contributed by atoms with Gasteiger partial charge in [-0.1, -0.05) is 66.7 Å². The molecule has 0 radical (unpaired) electrons. The fraction of sp³-hybridized carbons (Fsp3) is 0.263. The zero-order valence-electron chi connectivity index (χ0n) is 11.8. The van der Waals surface area contributed by atoms with E-state index in [1.165, 1.54) is 11.1 Å². The molecule has 1 heteroatoms. The van der Waals surface area contributed by atoms with Gasteiger partial charge in [-0.05, 0) is 30.4 Å². The highest BCUT2D eigenvalue weighted by molar-refractivity contribution is 5.40. The zero-order valence-corrected chi connectivity index (χ0v) is 11.8. The van der Waals surface area contributed by atoms with E-state index in [9.17, 15) is 5.11 Å². The van der Waals surface area contributed by atoms with Crippen LogP contribution in [0, 0.1) is 0 Å². The van der Waals surface area contributed by atoms with Gasteiger partial charge in [0.2, 0.25) is 0 Å². The third kappa shape index (κ3) is 3.00. The Morgan fingerprint density at radius 3 is 1.80 bits per heavy atom. The monoisotopic (exact) mass is 266 g/mol. The van der Waals surface area contributed by atoms with E-state index in [1.807, 2.05) is 18.2 Å². The number of rotatable bonds is 7. The molecule has 0 heterocycles. The minimum absolute atomic E-state index is 0.0903. The molecule has 0 saturated heterocycles. The smallest absolute Gasteiger partial charge is 0.0431 e. The lowest BCUT2D eigenvalue weighted by Crippen LogP contribution is -2.27. The molecule has 0 aliphatic rings. The molecule has 2 rings (SSSR count). The molecule has 0 amide bonds. The van der Waals surface area contributed by atoms with Crippen molar-refractivity contribution < 1.29 is 5.11 Å². The van der Waals surface area contributed by atoms with Crippen LogP contribution in [0.5, 0.6) is 0 Å². The van der Waals surface area contributed by atoms with E-state index in [4.69, 9.17) is 0 Å². The van der Waals surface area contributed by atoms with Crippen LogP contribution in [0.3, 0.4) is 0 Å². The van der Waals surface area contributed by atoms with Crippen molar-refractivity contribution in [2.75, 3.05) is 6.61 Å². The van der Waals surface area contributed by atoms with Crippen LogP contribution < -0.4 is 0 Å². The number of hydrogen-bond donors (Lipinski definition) is 1. The van der Waals surface area contributed by atoms with Crippen molar-refractivity contribution in [3.8, 4) is 0 Å². The second-order valence-corrected chi connectivity index (χ2v) is 5.13. The summed E-state index contributed by atoms with van der Waals surface area (Å²) in [6, 6.07) is 21.1. The summed E-state index contributed by atoms with van der Waals surface area (Å²) in [7, 11) is 0. The first-order valence-corrected chi connectivity index (χ1v) is 7.16. The van der Waals surface area contributed by atoms with Crippen molar-refractivity contribution in [3.63, 3.8) is 0 Å². The van der Waals surface area contributed by atoms with Crippen molar-refractivity contribution in [1.29, 1.82) is 0 Å². The summed E-state index contributed by atoms with van der Waals surface area (Å²) in [6.07, 6.45) is 4.57. The Bertz CT molecular complexity index is 476. The standard InChI is InChI=1S/C19H22O/c1-2-14-19(15-9-16-20,17-10-5-3-6-11-17)18-12-7-4-8-13-18/h2-8,10-13,20H,1,9,14-16H2. The van der Waals surface area contributed by atoms with Crippen molar-refractivity contribution in [3.05, 3.63) is 84.4 Å². The summed E-state index contributed by atoms with van der Waals surface area (Å²) in [5, 5.41) is 9.27. The Labute approximate surface area is 121 Å². The molecule has 0 bridgehead atoms. The molecule has 0 fully saturated rings. The van der Waals surface area contributed by atoms with Gasteiger partial charge in [-0.3, -0.25) is 0 Å². The normalized spacial score (nSPS) is 11.2. The molecule has 0 spiro atoms. The van der Waals surface area contributed by atoms with E-state index in [1.54, 1.807) is 0 Å². The minimum atomic E-state index is -0.0903. The molecule has 2 aromatic rings. The van der Waals surface area contributed by atoms with Gasteiger partial charge in [0.05, 0.1) is 0 Å². The Morgan fingerprint density at radius 1 is 0.900 bits per heavy atom. The van der Waals surface area contributed by atoms with Gasteiger partial charge in [0.25, 0.3) is 0 Å². The summed E-state index contributed by atoms with van der Waals surface area (Å²) in [5.41, 5.74) is 2.49. The second-order valence-electron chi connectivity index (χ2n) is 5.13. The summed E-state index contributed by atoms with van der Waals surface area (Å²) >= 11 is 0. The largest absolute Gasteiger partial charge is 0.396 e. The van der Waals surface area contributed by atoms with Crippen LogP contribution in [0.15, 0.2) is 73.3 Å². The van der Waals surface area contributed by atoms with Gasteiger partial charge in [0.1, 0.15) is 0 Å². The van der Waals surface area contributed by atoms with Gasteiger partial charge in [-0.15, -0.1) is 6.58 Å². The maximum Gasteiger partial charge on any atom is 0.0431 e. The number of hydrogen-bond acceptors (Lipinski definition) is 1. The van der Waals surface area contributed by atoms with E-state index in [-0.39, 0.29) is 12.0 Å². The second kappa shape index (κ2) is 7.06. The molecule has 20 heavy (non-hydrogen) atoms. The zero-order chi connectivity index (χ0) is 14.3. The number of aliphatic hydroxyl groups is 1. The Morgan fingerprint density at radius 2 is 1.40 bits per heavy atom. The highest BCUT2D eigenvalue weighted by Gasteiger charge is 2.32. The number of allylic oxidation sites excluding steroid dienone is 1. The van der Waals surface area contributed by atoms with Gasteiger partial charge < -0.3 is 5.11 Å². The van der Waals surface area contributed by atoms with Crippen LogP contribution >= 0.6 is 0 Å². The van der Waals surface area contributed by atoms with E-state index in [2.05, 4.69) is 55.1 Å². The quantitative estimate of drug-likeness (QED) is 0.740. The average Bonchev–Trinajstić information content (AvgIpc) is 2.53. The molecular weight excluding hydrogens is 244 g/mol. The molecule has 0 atom stereocenters. The van der Waals surface area contributed by atoms with Gasteiger partial charge in [0.15, 0.2) is 0 Å². The van der Waals surface area contributed by atoms with Crippen molar-refractivity contribution >= 4 is 0 Å². The molecule has 0 aromatic heterocycles. The van der Waals surface area contributed by atoms with Crippen LogP contribution in [0.4, 0.5) is 0 Å². The molecule has 0 aliphatic heterocycles. The highest BCUT2D eigenvalue weighted by Crippen LogP contribution is 2.40. The predicted octanol–water partition coefficient (Wildman–Crippen LogP) is 4.32.